The van der Waals surface area contributed by atoms with Crippen LogP contribution < -0.4 is 26.2 Å². The Labute approximate surface area is 572 Å². The van der Waals surface area contributed by atoms with Crippen LogP contribution in [0.3, 0.4) is 0 Å². The van der Waals surface area contributed by atoms with Crippen LogP contribution in [0.1, 0.15) is 130 Å². The van der Waals surface area contributed by atoms with Gasteiger partial charge in [-0.25, -0.2) is 0 Å². The summed E-state index contributed by atoms with van der Waals surface area (Å²) in [5.41, 5.74) is 32.8. The lowest BCUT2D eigenvalue weighted by atomic mass is 9.33. The molecule has 0 amide bonds. The SMILES string of the molecule is CC(C)(C)c1ccc(-c2ccc3c(c2)N(c2ccc(-c4ccc5c(c4)C(C)(C)CCC5(C)C)cc2)c2cc(-n4c5ccccc5c5ccccc54)cc4c2B3c2ccc(-n3c5ccccc5c5ccccc53)cc2N4c2ccc(-c3ccc4c(c3)C(C)(C)CCC4(C)C)cc2)cc1. The van der Waals surface area contributed by atoms with Crippen LogP contribution in [0, 0.1) is 0 Å². The summed E-state index contributed by atoms with van der Waals surface area (Å²) in [5.74, 6) is 0. The van der Waals surface area contributed by atoms with E-state index >= 15 is 0 Å². The van der Waals surface area contributed by atoms with Crippen LogP contribution in [-0.4, -0.2) is 15.8 Å². The molecule has 0 fully saturated rings. The van der Waals surface area contributed by atoms with Gasteiger partial charge in [-0.2, -0.15) is 0 Å². The predicted octanol–water partition coefficient (Wildman–Crippen LogP) is 23.0. The first-order valence-electron chi connectivity index (χ1n) is 35.3. The van der Waals surface area contributed by atoms with Crippen LogP contribution in [0.5, 0.6) is 0 Å². The molecule has 2 aliphatic heterocycles. The minimum atomic E-state index is -0.135. The molecule has 0 spiro atoms. The standard InChI is InChI=1S/C92H83BN4/c1-88(2,3)64-37-28-58(29-38-64)63-36-46-77-83(54-63)94(65-39-30-59(31-40-65)61-34-44-73-75(52-61)91(8,9)50-48-89(73,4)5)85-56-68(97-81-26-18-14-22-71(81)72-23-15-19-27-82(72)97)57-86-87(85)93(77)78-47-43-67(96-79-24-16-12-20-69(79)70-21-13-17-25-80(70)96)55-84(78)95(86)66-41-32-60(33-42-66)62-35-45-74-76(53-62)92(10,11)51-49-90(74,6)7/h12-47,52-57H,48-51H2,1-11H3. The molecule has 14 aromatic rings. The van der Waals surface area contributed by atoms with Crippen LogP contribution in [0.15, 0.2) is 255 Å². The number of para-hydroxylation sites is 4. The number of aromatic nitrogens is 2. The topological polar surface area (TPSA) is 16.3 Å². The van der Waals surface area contributed by atoms with Gasteiger partial charge in [0.2, 0.25) is 0 Å². The summed E-state index contributed by atoms with van der Waals surface area (Å²) < 4.78 is 5.02. The van der Waals surface area contributed by atoms with Crippen LogP contribution in [0.25, 0.3) is 88.4 Å². The van der Waals surface area contributed by atoms with Gasteiger partial charge in [0.1, 0.15) is 0 Å². The summed E-state index contributed by atoms with van der Waals surface area (Å²) in [6, 6.07) is 98.7. The Morgan fingerprint density at radius 3 is 1.03 bits per heavy atom. The van der Waals surface area contributed by atoms with E-state index < -0.39 is 0 Å². The molecular formula is C92H83BN4. The number of anilines is 6. The normalized spacial score (nSPS) is 16.3. The van der Waals surface area contributed by atoms with Crippen molar-refractivity contribution in [2.24, 2.45) is 0 Å². The molecule has 0 N–H and O–H groups in total. The minimum absolute atomic E-state index is 0.0287. The largest absolute Gasteiger partial charge is 0.311 e. The fraction of sp³-hybridized carbons (Fsp3) is 0.217. The third-order valence-corrected chi connectivity index (χ3v) is 23.4. The van der Waals surface area contributed by atoms with Gasteiger partial charge in [0.15, 0.2) is 0 Å². The molecule has 12 aromatic carbocycles. The summed E-state index contributed by atoms with van der Waals surface area (Å²) in [6.07, 6.45) is 4.73. The van der Waals surface area contributed by atoms with E-state index in [9.17, 15) is 0 Å². The molecule has 4 nitrogen and oxygen atoms in total. The molecule has 4 heterocycles. The van der Waals surface area contributed by atoms with Gasteiger partial charge < -0.3 is 18.9 Å². The first kappa shape index (κ1) is 59.4. The monoisotopic (exact) mass is 1250 g/mol. The Balaban J connectivity index is 0.909. The highest BCUT2D eigenvalue weighted by Crippen LogP contribution is 2.52. The highest BCUT2D eigenvalue weighted by molar-refractivity contribution is 7.00. The Morgan fingerprint density at radius 1 is 0.289 bits per heavy atom. The first-order chi connectivity index (χ1) is 46.7. The number of nitrogens with zero attached hydrogens (tertiary/aromatic N) is 4. The van der Waals surface area contributed by atoms with Gasteiger partial charge in [0.05, 0.1) is 27.8 Å². The quantitative estimate of drug-likeness (QED) is 0.148. The number of fused-ring (bicyclic) bond motifs is 12. The lowest BCUT2D eigenvalue weighted by Gasteiger charge is -2.44. The summed E-state index contributed by atoms with van der Waals surface area (Å²) in [4.78, 5) is 5.24. The van der Waals surface area contributed by atoms with Crippen LogP contribution in [0.2, 0.25) is 0 Å². The van der Waals surface area contributed by atoms with Crippen molar-refractivity contribution in [1.29, 1.82) is 0 Å². The minimum Gasteiger partial charge on any atom is -0.311 e. The highest BCUT2D eigenvalue weighted by atomic mass is 15.2. The van der Waals surface area contributed by atoms with Crippen LogP contribution >= 0.6 is 0 Å². The van der Waals surface area contributed by atoms with Crippen LogP contribution in [-0.2, 0) is 27.1 Å². The zero-order valence-electron chi connectivity index (χ0n) is 57.9. The van der Waals surface area contributed by atoms with Crippen molar-refractivity contribution in [1.82, 2.24) is 9.13 Å². The van der Waals surface area contributed by atoms with Gasteiger partial charge in [0, 0.05) is 61.4 Å². The van der Waals surface area contributed by atoms with E-state index in [1.165, 1.54) is 153 Å². The van der Waals surface area contributed by atoms with Crippen molar-refractivity contribution in [3.05, 3.63) is 283 Å². The molecule has 0 bridgehead atoms. The molecule has 5 heteroatoms. The zero-order chi connectivity index (χ0) is 66.2. The first-order valence-corrected chi connectivity index (χ1v) is 35.3. The zero-order valence-corrected chi connectivity index (χ0v) is 57.9. The Bertz CT molecular complexity index is 5460. The summed E-state index contributed by atoms with van der Waals surface area (Å²) >= 11 is 0. The Hall–Kier alpha value is -10.1. The number of hydrogen-bond donors (Lipinski definition) is 0. The maximum absolute atomic E-state index is 2.62. The molecule has 2 aromatic heterocycles. The molecule has 474 valence electrons. The molecule has 18 rings (SSSR count). The van der Waals surface area contributed by atoms with Crippen molar-refractivity contribution >= 4 is 101 Å². The lowest BCUT2D eigenvalue weighted by molar-refractivity contribution is 0.332. The van der Waals surface area contributed by atoms with Crippen molar-refractivity contribution in [2.45, 2.75) is 129 Å². The smallest absolute Gasteiger partial charge is 0.252 e. The Morgan fingerprint density at radius 2 is 0.608 bits per heavy atom. The van der Waals surface area contributed by atoms with Gasteiger partial charge in [-0.3, -0.25) is 0 Å². The van der Waals surface area contributed by atoms with Crippen molar-refractivity contribution in [3.63, 3.8) is 0 Å². The van der Waals surface area contributed by atoms with Gasteiger partial charge in [0.25, 0.3) is 6.71 Å². The molecule has 0 radical (unpaired) electrons. The van der Waals surface area contributed by atoms with Gasteiger partial charge in [-0.1, -0.05) is 252 Å². The van der Waals surface area contributed by atoms with Gasteiger partial charge >= 0.3 is 0 Å². The van der Waals surface area contributed by atoms with E-state index in [1.54, 1.807) is 0 Å². The second-order valence-corrected chi connectivity index (χ2v) is 32.2. The maximum atomic E-state index is 2.62. The van der Waals surface area contributed by atoms with Gasteiger partial charge in [-0.05, 0) is 209 Å². The number of benzene rings is 12. The molecule has 0 atom stereocenters. The third kappa shape index (κ3) is 9.23. The summed E-state index contributed by atoms with van der Waals surface area (Å²) in [7, 11) is 0. The number of rotatable bonds is 7. The van der Waals surface area contributed by atoms with Crippen molar-refractivity contribution in [3.8, 4) is 44.8 Å². The summed E-state index contributed by atoms with van der Waals surface area (Å²) in [6.45, 7) is 26.2. The average Bonchev–Trinajstić information content (AvgIpc) is 1.25. The Kier molecular flexibility index (Phi) is 13.0. The highest BCUT2D eigenvalue weighted by Gasteiger charge is 2.45. The average molecular weight is 1260 g/mol. The molecule has 97 heavy (non-hydrogen) atoms. The predicted molar refractivity (Wildman–Crippen MR) is 415 cm³/mol. The van der Waals surface area contributed by atoms with E-state index in [4.69, 9.17) is 0 Å². The summed E-state index contributed by atoms with van der Waals surface area (Å²) in [5, 5.41) is 4.97. The van der Waals surface area contributed by atoms with E-state index in [2.05, 4.69) is 350 Å². The second-order valence-electron chi connectivity index (χ2n) is 32.2. The van der Waals surface area contributed by atoms with E-state index in [-0.39, 0.29) is 33.8 Å². The van der Waals surface area contributed by atoms with Crippen molar-refractivity contribution < 1.29 is 0 Å². The molecule has 0 unspecified atom stereocenters. The molecule has 2 aliphatic carbocycles. The van der Waals surface area contributed by atoms with Crippen molar-refractivity contribution in [2.75, 3.05) is 9.80 Å². The fourth-order valence-corrected chi connectivity index (χ4v) is 17.7. The molecule has 0 saturated heterocycles. The molecule has 0 saturated carbocycles. The van der Waals surface area contributed by atoms with Gasteiger partial charge in [-0.15, -0.1) is 0 Å². The lowest BCUT2D eigenvalue weighted by Crippen LogP contribution is -2.61. The maximum Gasteiger partial charge on any atom is 0.252 e. The third-order valence-electron chi connectivity index (χ3n) is 23.4. The number of hydrogen-bond acceptors (Lipinski definition) is 2. The van der Waals surface area contributed by atoms with Crippen LogP contribution in [0.4, 0.5) is 34.1 Å². The van der Waals surface area contributed by atoms with E-state index in [1.807, 2.05) is 0 Å². The molecular weight excluding hydrogens is 1170 g/mol. The fourth-order valence-electron chi connectivity index (χ4n) is 17.7. The molecule has 4 aliphatic rings. The van der Waals surface area contributed by atoms with E-state index in [0.717, 1.165) is 39.8 Å². The second kappa shape index (κ2) is 21.2. The van der Waals surface area contributed by atoms with E-state index in [0.29, 0.717) is 0 Å².